The van der Waals surface area contributed by atoms with Crippen LogP contribution in [-0.4, -0.2) is 11.6 Å². The van der Waals surface area contributed by atoms with E-state index in [1.54, 1.807) is 0 Å². The van der Waals surface area contributed by atoms with Gasteiger partial charge in [-0.05, 0) is 47.6 Å². The van der Waals surface area contributed by atoms with Crippen molar-refractivity contribution in [2.24, 2.45) is 0 Å². The average Bonchev–Trinajstić information content (AvgIpc) is 2.52. The number of aryl methyl sites for hydroxylation is 1. The molecule has 3 nitrogen and oxygen atoms in total. The van der Waals surface area contributed by atoms with Crippen molar-refractivity contribution in [1.29, 1.82) is 0 Å². The molecular weight excluding hydrogens is 214 g/mol. The zero-order chi connectivity index (χ0) is 13.1. The first kappa shape index (κ1) is 14.3. The Kier molecular flexibility index (Phi) is 4.78. The molecule has 0 fully saturated rings. The summed E-state index contributed by atoms with van der Waals surface area (Å²) in [5, 5.41) is 3.46. The molecule has 0 aliphatic rings. The first-order valence-electron chi connectivity index (χ1n) is 6.23. The second kappa shape index (κ2) is 5.69. The van der Waals surface area contributed by atoms with Crippen LogP contribution in [0.5, 0.6) is 0 Å². The average molecular weight is 239 g/mol. The molecule has 0 bridgehead atoms. The maximum atomic E-state index is 5.67. The predicted molar refractivity (Wildman–Crippen MR) is 70.0 cm³/mol. The molecule has 17 heavy (non-hydrogen) atoms. The number of hydrogen-bond donors (Lipinski definition) is 1. The molecule has 0 aliphatic carbocycles. The maximum absolute atomic E-state index is 5.67. The highest BCUT2D eigenvalue weighted by atomic mass is 16.5. The van der Waals surface area contributed by atoms with E-state index >= 15 is 0 Å². The fourth-order valence-electron chi connectivity index (χ4n) is 1.44. The second-order valence-electron chi connectivity index (χ2n) is 5.76. The summed E-state index contributed by atoms with van der Waals surface area (Å²) < 4.78 is 11.2. The van der Waals surface area contributed by atoms with Crippen molar-refractivity contribution in [3.05, 3.63) is 23.2 Å². The highest BCUT2D eigenvalue weighted by Crippen LogP contribution is 2.16. The van der Waals surface area contributed by atoms with Crippen LogP contribution in [0.25, 0.3) is 0 Å². The standard InChI is InChI=1S/C14H25NO2/c1-10(2)16-9-13-7-12(11(3)17-13)8-15-14(4,5)6/h7,10,15H,8-9H2,1-6H3. The van der Waals surface area contributed by atoms with Gasteiger partial charge in [-0.1, -0.05) is 0 Å². The van der Waals surface area contributed by atoms with Crippen molar-refractivity contribution >= 4 is 0 Å². The molecule has 1 rings (SSSR count). The van der Waals surface area contributed by atoms with Crippen LogP contribution in [0, 0.1) is 6.92 Å². The lowest BCUT2D eigenvalue weighted by molar-refractivity contribution is 0.0541. The summed E-state index contributed by atoms with van der Waals surface area (Å²) >= 11 is 0. The van der Waals surface area contributed by atoms with Crippen molar-refractivity contribution in [3.8, 4) is 0 Å². The number of nitrogens with one attached hydrogen (secondary N) is 1. The molecule has 0 radical (unpaired) electrons. The fourth-order valence-corrected chi connectivity index (χ4v) is 1.44. The molecule has 1 heterocycles. The summed E-state index contributed by atoms with van der Waals surface area (Å²) in [5.41, 5.74) is 1.33. The Morgan fingerprint density at radius 2 is 2.00 bits per heavy atom. The van der Waals surface area contributed by atoms with Crippen LogP contribution >= 0.6 is 0 Å². The highest BCUT2D eigenvalue weighted by molar-refractivity contribution is 5.20. The Balaban J connectivity index is 2.56. The zero-order valence-corrected chi connectivity index (χ0v) is 11.9. The van der Waals surface area contributed by atoms with Crippen molar-refractivity contribution in [2.45, 2.75) is 66.3 Å². The topological polar surface area (TPSA) is 34.4 Å². The van der Waals surface area contributed by atoms with Gasteiger partial charge in [-0.25, -0.2) is 0 Å². The van der Waals surface area contributed by atoms with E-state index in [0.717, 1.165) is 18.1 Å². The van der Waals surface area contributed by atoms with E-state index in [1.165, 1.54) is 5.56 Å². The second-order valence-corrected chi connectivity index (χ2v) is 5.76. The summed E-state index contributed by atoms with van der Waals surface area (Å²) in [6.07, 6.45) is 0.233. The third-order valence-corrected chi connectivity index (χ3v) is 2.44. The number of rotatable bonds is 5. The fraction of sp³-hybridized carbons (Fsp3) is 0.714. The number of ether oxygens (including phenoxy) is 1. The maximum Gasteiger partial charge on any atom is 0.130 e. The smallest absolute Gasteiger partial charge is 0.130 e. The molecule has 3 heteroatoms. The Labute approximate surface area is 105 Å². The predicted octanol–water partition coefficient (Wildman–Crippen LogP) is 3.40. The van der Waals surface area contributed by atoms with Gasteiger partial charge in [-0.2, -0.15) is 0 Å². The van der Waals surface area contributed by atoms with Gasteiger partial charge in [0, 0.05) is 17.6 Å². The van der Waals surface area contributed by atoms with E-state index in [-0.39, 0.29) is 11.6 Å². The molecule has 0 unspecified atom stereocenters. The van der Waals surface area contributed by atoms with Gasteiger partial charge < -0.3 is 14.5 Å². The van der Waals surface area contributed by atoms with Crippen LogP contribution in [0.3, 0.4) is 0 Å². The molecular formula is C14H25NO2. The first-order chi connectivity index (χ1) is 7.78. The Morgan fingerprint density at radius 3 is 2.53 bits per heavy atom. The Bertz CT molecular complexity index is 348. The molecule has 1 N–H and O–H groups in total. The van der Waals surface area contributed by atoms with Crippen molar-refractivity contribution in [2.75, 3.05) is 0 Å². The van der Waals surface area contributed by atoms with Crippen molar-refractivity contribution in [3.63, 3.8) is 0 Å². The summed E-state index contributed by atoms with van der Waals surface area (Å²) in [5.74, 6) is 1.88. The first-order valence-corrected chi connectivity index (χ1v) is 6.23. The Hall–Kier alpha value is -0.800. The zero-order valence-electron chi connectivity index (χ0n) is 11.9. The molecule has 1 aromatic heterocycles. The lowest BCUT2D eigenvalue weighted by Crippen LogP contribution is -2.35. The molecule has 98 valence electrons. The molecule has 0 atom stereocenters. The summed E-state index contributed by atoms with van der Waals surface area (Å²) in [4.78, 5) is 0. The van der Waals surface area contributed by atoms with Crippen LogP contribution in [0.1, 0.15) is 51.7 Å². The molecule has 0 aliphatic heterocycles. The van der Waals surface area contributed by atoms with Gasteiger partial charge in [0.15, 0.2) is 0 Å². The van der Waals surface area contributed by atoms with Crippen LogP contribution in [0.2, 0.25) is 0 Å². The van der Waals surface area contributed by atoms with Crippen LogP contribution < -0.4 is 5.32 Å². The van der Waals surface area contributed by atoms with Crippen LogP contribution in [0.4, 0.5) is 0 Å². The minimum atomic E-state index is 0.123. The van der Waals surface area contributed by atoms with E-state index in [9.17, 15) is 0 Å². The largest absolute Gasteiger partial charge is 0.464 e. The summed E-state index contributed by atoms with van der Waals surface area (Å²) in [6.45, 7) is 13.9. The molecule has 1 aromatic rings. The summed E-state index contributed by atoms with van der Waals surface area (Å²) in [7, 11) is 0. The van der Waals surface area contributed by atoms with Gasteiger partial charge in [0.05, 0.1) is 6.10 Å². The third-order valence-electron chi connectivity index (χ3n) is 2.44. The lowest BCUT2D eigenvalue weighted by atomic mass is 10.1. The Morgan fingerprint density at radius 1 is 1.35 bits per heavy atom. The third kappa shape index (κ3) is 5.37. The van der Waals surface area contributed by atoms with E-state index < -0.39 is 0 Å². The summed E-state index contributed by atoms with van der Waals surface area (Å²) in [6, 6.07) is 2.08. The van der Waals surface area contributed by atoms with E-state index in [0.29, 0.717) is 6.61 Å². The van der Waals surface area contributed by atoms with E-state index in [1.807, 2.05) is 20.8 Å². The quantitative estimate of drug-likeness (QED) is 0.855. The minimum absolute atomic E-state index is 0.123. The van der Waals surface area contributed by atoms with Gasteiger partial charge in [0.25, 0.3) is 0 Å². The van der Waals surface area contributed by atoms with Crippen LogP contribution in [-0.2, 0) is 17.9 Å². The molecule has 0 spiro atoms. The van der Waals surface area contributed by atoms with Gasteiger partial charge in [-0.3, -0.25) is 0 Å². The monoisotopic (exact) mass is 239 g/mol. The normalized spacial score (nSPS) is 12.4. The van der Waals surface area contributed by atoms with Gasteiger partial charge in [0.1, 0.15) is 18.1 Å². The lowest BCUT2D eigenvalue weighted by Gasteiger charge is -2.20. The SMILES string of the molecule is Cc1oc(COC(C)C)cc1CNC(C)(C)C. The van der Waals surface area contributed by atoms with Crippen molar-refractivity contribution < 1.29 is 9.15 Å². The van der Waals surface area contributed by atoms with Gasteiger partial charge in [0.2, 0.25) is 0 Å². The van der Waals surface area contributed by atoms with Crippen molar-refractivity contribution in [1.82, 2.24) is 5.32 Å². The number of hydrogen-bond acceptors (Lipinski definition) is 3. The van der Waals surface area contributed by atoms with Gasteiger partial charge >= 0.3 is 0 Å². The molecule has 0 aromatic carbocycles. The van der Waals surface area contributed by atoms with Gasteiger partial charge in [-0.15, -0.1) is 0 Å². The van der Waals surface area contributed by atoms with Crippen LogP contribution in [0.15, 0.2) is 10.5 Å². The van der Waals surface area contributed by atoms with E-state index in [4.69, 9.17) is 9.15 Å². The van der Waals surface area contributed by atoms with E-state index in [2.05, 4.69) is 32.2 Å². The number of furan rings is 1. The molecule has 0 amide bonds. The molecule has 0 saturated heterocycles. The molecule has 0 saturated carbocycles. The minimum Gasteiger partial charge on any atom is -0.464 e. The highest BCUT2D eigenvalue weighted by Gasteiger charge is 2.12.